The molecule has 0 atom stereocenters. The predicted molar refractivity (Wildman–Crippen MR) is 115 cm³/mol. The molecule has 4 aromatic rings. The molecular weight excluding hydrogens is 400 g/mol. The molecule has 0 unspecified atom stereocenters. The molecule has 4 rings (SSSR count). The monoisotopic (exact) mass is 420 g/mol. The van der Waals surface area contributed by atoms with Crippen molar-refractivity contribution < 1.29 is 9.21 Å². The van der Waals surface area contributed by atoms with Crippen molar-refractivity contribution in [1.82, 2.24) is 19.9 Å². The minimum atomic E-state index is -0.0486. The number of carbonyl (C=O) groups is 1. The maximum absolute atomic E-state index is 12.2. The fraction of sp³-hybridized carbons (Fsp3) is 0.174. The van der Waals surface area contributed by atoms with Gasteiger partial charge in [0.2, 0.25) is 5.91 Å². The van der Waals surface area contributed by atoms with Crippen LogP contribution in [0.1, 0.15) is 23.4 Å². The van der Waals surface area contributed by atoms with Crippen LogP contribution in [0.15, 0.2) is 77.9 Å². The molecule has 0 saturated carbocycles. The van der Waals surface area contributed by atoms with Gasteiger partial charge in [0.15, 0.2) is 11.7 Å². The lowest BCUT2D eigenvalue weighted by atomic mass is 10.1. The van der Waals surface area contributed by atoms with E-state index in [1.54, 1.807) is 24.8 Å². The van der Waals surface area contributed by atoms with Crippen LogP contribution in [0.5, 0.6) is 0 Å². The average Bonchev–Trinajstić information content (AvgIpc) is 3.44. The average molecular weight is 421 g/mol. The SMILES string of the molecule is O=C(CCc1ncc(-c2ccccc2Cl)o1)NCc1cccc(Cn2ccnc2)c1. The number of imidazole rings is 1. The van der Waals surface area contributed by atoms with Gasteiger partial charge in [-0.25, -0.2) is 9.97 Å². The number of halogens is 1. The zero-order valence-corrected chi connectivity index (χ0v) is 17.0. The number of benzene rings is 2. The lowest BCUT2D eigenvalue weighted by molar-refractivity contribution is -0.121. The van der Waals surface area contributed by atoms with E-state index in [0.29, 0.717) is 36.1 Å². The van der Waals surface area contributed by atoms with E-state index >= 15 is 0 Å². The van der Waals surface area contributed by atoms with Crippen LogP contribution in [0.3, 0.4) is 0 Å². The number of hydrogen-bond donors (Lipinski definition) is 1. The number of aromatic nitrogens is 3. The van der Waals surface area contributed by atoms with Crippen molar-refractivity contribution in [3.05, 3.63) is 95.5 Å². The minimum absolute atomic E-state index is 0.0486. The molecule has 6 nitrogen and oxygen atoms in total. The minimum Gasteiger partial charge on any atom is -0.441 e. The van der Waals surface area contributed by atoms with Crippen molar-refractivity contribution in [2.75, 3.05) is 0 Å². The number of carbonyl (C=O) groups excluding carboxylic acids is 1. The lowest BCUT2D eigenvalue weighted by Crippen LogP contribution is -2.23. The van der Waals surface area contributed by atoms with Gasteiger partial charge in [-0.2, -0.15) is 0 Å². The fourth-order valence-electron chi connectivity index (χ4n) is 3.15. The van der Waals surface area contributed by atoms with Crippen LogP contribution in [0.25, 0.3) is 11.3 Å². The van der Waals surface area contributed by atoms with Crippen LogP contribution in [-0.4, -0.2) is 20.4 Å². The van der Waals surface area contributed by atoms with E-state index < -0.39 is 0 Å². The van der Waals surface area contributed by atoms with E-state index in [2.05, 4.69) is 27.4 Å². The molecule has 0 spiro atoms. The molecule has 0 aliphatic rings. The third kappa shape index (κ3) is 5.15. The number of nitrogens with zero attached hydrogens (tertiary/aromatic N) is 3. The van der Waals surface area contributed by atoms with E-state index in [1.807, 2.05) is 41.1 Å². The van der Waals surface area contributed by atoms with Gasteiger partial charge in [-0.3, -0.25) is 4.79 Å². The fourth-order valence-corrected chi connectivity index (χ4v) is 3.38. The summed E-state index contributed by atoms with van der Waals surface area (Å²) in [6.45, 7) is 1.23. The number of oxazole rings is 1. The first-order chi connectivity index (χ1) is 14.7. The molecule has 1 N–H and O–H groups in total. The Morgan fingerprint density at radius 3 is 2.83 bits per heavy atom. The number of rotatable bonds is 8. The Kier molecular flexibility index (Phi) is 6.25. The third-order valence-electron chi connectivity index (χ3n) is 4.66. The number of nitrogens with one attached hydrogen (secondary N) is 1. The zero-order valence-electron chi connectivity index (χ0n) is 16.3. The zero-order chi connectivity index (χ0) is 20.8. The normalized spacial score (nSPS) is 10.8. The summed E-state index contributed by atoms with van der Waals surface area (Å²) in [5, 5.41) is 3.56. The summed E-state index contributed by atoms with van der Waals surface area (Å²) in [6.07, 6.45) is 7.84. The Morgan fingerprint density at radius 2 is 2.00 bits per heavy atom. The van der Waals surface area contributed by atoms with Crippen LogP contribution in [0.2, 0.25) is 5.02 Å². The van der Waals surface area contributed by atoms with Crippen molar-refractivity contribution in [2.45, 2.75) is 25.9 Å². The molecule has 0 bridgehead atoms. The molecule has 152 valence electrons. The maximum Gasteiger partial charge on any atom is 0.220 e. The van der Waals surface area contributed by atoms with Gasteiger partial charge in [0.1, 0.15) is 0 Å². The Balaban J connectivity index is 1.27. The second-order valence-corrected chi connectivity index (χ2v) is 7.34. The lowest BCUT2D eigenvalue weighted by Gasteiger charge is -2.08. The van der Waals surface area contributed by atoms with Crippen LogP contribution in [0.4, 0.5) is 0 Å². The highest BCUT2D eigenvalue weighted by molar-refractivity contribution is 6.33. The van der Waals surface area contributed by atoms with Gasteiger partial charge in [0.05, 0.1) is 17.5 Å². The van der Waals surface area contributed by atoms with Gasteiger partial charge in [-0.05, 0) is 23.3 Å². The first-order valence-electron chi connectivity index (χ1n) is 9.67. The third-order valence-corrected chi connectivity index (χ3v) is 4.99. The number of amides is 1. The molecule has 2 aromatic heterocycles. The topological polar surface area (TPSA) is 73.0 Å². The molecule has 2 heterocycles. The standard InChI is InChI=1S/C23H21ClN4O2/c24-20-7-2-1-6-19(20)21-14-27-23(30-21)9-8-22(29)26-13-17-4-3-5-18(12-17)15-28-11-10-25-16-28/h1-7,10-12,14,16H,8-9,13,15H2,(H,26,29). The summed E-state index contributed by atoms with van der Waals surface area (Å²) in [6, 6.07) is 15.6. The van der Waals surface area contributed by atoms with Gasteiger partial charge in [-0.15, -0.1) is 0 Å². The van der Waals surface area contributed by atoms with Crippen LogP contribution in [0, 0.1) is 0 Å². The molecule has 30 heavy (non-hydrogen) atoms. The van der Waals surface area contributed by atoms with Gasteiger partial charge in [0.25, 0.3) is 0 Å². The van der Waals surface area contributed by atoms with E-state index in [1.165, 1.54) is 0 Å². The molecule has 1 amide bonds. The highest BCUT2D eigenvalue weighted by Gasteiger charge is 2.11. The van der Waals surface area contributed by atoms with E-state index in [0.717, 1.165) is 23.2 Å². The van der Waals surface area contributed by atoms with Gasteiger partial charge in [0, 0.05) is 43.9 Å². The Morgan fingerprint density at radius 1 is 1.13 bits per heavy atom. The molecular formula is C23H21ClN4O2. The van der Waals surface area contributed by atoms with Gasteiger partial charge >= 0.3 is 0 Å². The largest absolute Gasteiger partial charge is 0.441 e. The van der Waals surface area contributed by atoms with Crippen molar-refractivity contribution in [3.8, 4) is 11.3 Å². The van der Waals surface area contributed by atoms with E-state index in [4.69, 9.17) is 16.0 Å². The molecule has 0 aliphatic carbocycles. The summed E-state index contributed by atoms with van der Waals surface area (Å²) in [5.41, 5.74) is 3.00. The van der Waals surface area contributed by atoms with Gasteiger partial charge < -0.3 is 14.3 Å². The Labute approximate surface area is 179 Å². The van der Waals surface area contributed by atoms with Crippen molar-refractivity contribution in [1.29, 1.82) is 0 Å². The highest BCUT2D eigenvalue weighted by Crippen LogP contribution is 2.28. The van der Waals surface area contributed by atoms with E-state index in [9.17, 15) is 4.79 Å². The van der Waals surface area contributed by atoms with E-state index in [-0.39, 0.29) is 5.91 Å². The van der Waals surface area contributed by atoms with Crippen LogP contribution >= 0.6 is 11.6 Å². The summed E-state index contributed by atoms with van der Waals surface area (Å²) >= 11 is 6.19. The Hall–Kier alpha value is -3.38. The first-order valence-corrected chi connectivity index (χ1v) is 10.0. The maximum atomic E-state index is 12.2. The van der Waals surface area contributed by atoms with Crippen molar-refractivity contribution in [3.63, 3.8) is 0 Å². The van der Waals surface area contributed by atoms with Gasteiger partial charge in [-0.1, -0.05) is 48.0 Å². The highest BCUT2D eigenvalue weighted by atomic mass is 35.5. The predicted octanol–water partition coefficient (Wildman–Crippen LogP) is 4.49. The quantitative estimate of drug-likeness (QED) is 0.456. The number of hydrogen-bond acceptors (Lipinski definition) is 4. The van der Waals surface area contributed by atoms with Crippen molar-refractivity contribution in [2.24, 2.45) is 0 Å². The second kappa shape index (κ2) is 9.41. The smallest absolute Gasteiger partial charge is 0.220 e. The second-order valence-electron chi connectivity index (χ2n) is 6.93. The Bertz CT molecular complexity index is 1120. The number of aryl methyl sites for hydroxylation is 1. The summed E-state index contributed by atoms with van der Waals surface area (Å²) in [7, 11) is 0. The molecule has 7 heteroatoms. The first kappa shape index (κ1) is 19.9. The molecule has 0 aliphatic heterocycles. The van der Waals surface area contributed by atoms with Crippen LogP contribution in [-0.2, 0) is 24.3 Å². The molecule has 2 aromatic carbocycles. The molecule has 0 radical (unpaired) electrons. The summed E-state index contributed by atoms with van der Waals surface area (Å²) in [4.78, 5) is 20.6. The summed E-state index contributed by atoms with van der Waals surface area (Å²) < 4.78 is 7.75. The summed E-state index contributed by atoms with van der Waals surface area (Å²) in [5.74, 6) is 1.07. The molecule has 0 fully saturated rings. The molecule has 0 saturated heterocycles. The van der Waals surface area contributed by atoms with Crippen molar-refractivity contribution >= 4 is 17.5 Å². The van der Waals surface area contributed by atoms with Crippen LogP contribution < -0.4 is 5.32 Å².